The highest BCUT2D eigenvalue weighted by Gasteiger charge is 2.29. The van der Waals surface area contributed by atoms with Gasteiger partial charge in [-0.2, -0.15) is 0 Å². The molecule has 0 saturated carbocycles. The lowest BCUT2D eigenvalue weighted by Crippen LogP contribution is -2.35. The molecule has 2 aliphatic rings. The van der Waals surface area contributed by atoms with E-state index in [1.54, 1.807) is 0 Å². The number of rotatable bonds is 5. The molecule has 27 heavy (non-hydrogen) atoms. The zero-order valence-corrected chi connectivity index (χ0v) is 16.0. The summed E-state index contributed by atoms with van der Waals surface area (Å²) in [5.41, 5.74) is 10.3. The first-order chi connectivity index (χ1) is 12.7. The molecule has 1 saturated heterocycles. The third-order valence-corrected chi connectivity index (χ3v) is 5.11. The van der Waals surface area contributed by atoms with E-state index in [4.69, 9.17) is 15.2 Å². The topological polar surface area (TPSA) is 73.6 Å². The molecule has 0 unspecified atom stereocenters. The molecule has 2 aromatic rings. The largest absolute Gasteiger partial charge is 0.493 e. The first-order valence-electron chi connectivity index (χ1n) is 9.21. The van der Waals surface area contributed by atoms with Crippen LogP contribution in [0.4, 0.5) is 0 Å². The Morgan fingerprint density at radius 2 is 1.89 bits per heavy atom. The number of benzene rings is 2. The van der Waals surface area contributed by atoms with Crippen LogP contribution in [0.15, 0.2) is 42.5 Å². The van der Waals surface area contributed by atoms with E-state index in [1.807, 2.05) is 6.07 Å². The van der Waals surface area contributed by atoms with Crippen molar-refractivity contribution in [2.24, 2.45) is 5.73 Å². The SMILES string of the molecule is Cl.NC[C@H]1CC[C@@H](C(=O)NCc2ccc(-c3ccc4c(c3)CCO4)cc2)O1. The number of hydrogen-bond donors (Lipinski definition) is 2. The van der Waals surface area contributed by atoms with E-state index in [0.717, 1.165) is 37.2 Å². The Bertz CT molecular complexity index is 795. The molecule has 144 valence electrons. The molecule has 0 aliphatic carbocycles. The van der Waals surface area contributed by atoms with E-state index in [0.29, 0.717) is 13.1 Å². The van der Waals surface area contributed by atoms with Gasteiger partial charge in [-0.3, -0.25) is 4.79 Å². The van der Waals surface area contributed by atoms with Crippen molar-refractivity contribution in [3.05, 3.63) is 53.6 Å². The Labute approximate surface area is 165 Å². The lowest BCUT2D eigenvalue weighted by molar-refractivity contribution is -0.132. The van der Waals surface area contributed by atoms with E-state index in [2.05, 4.69) is 41.7 Å². The maximum absolute atomic E-state index is 12.2. The fourth-order valence-electron chi connectivity index (χ4n) is 3.56. The van der Waals surface area contributed by atoms with Crippen LogP contribution in [0.2, 0.25) is 0 Å². The zero-order valence-electron chi connectivity index (χ0n) is 15.1. The van der Waals surface area contributed by atoms with Crippen LogP contribution in [-0.2, 0) is 22.5 Å². The number of ether oxygens (including phenoxy) is 2. The number of carbonyl (C=O) groups is 1. The predicted octanol–water partition coefficient (Wildman–Crippen LogP) is 2.83. The number of amides is 1. The standard InChI is InChI=1S/C21H24N2O3.ClH/c22-12-18-6-8-20(26-18)21(24)23-13-14-1-3-15(4-2-14)16-5-7-19-17(11-16)9-10-25-19;/h1-5,7,11,18,20H,6,8-10,12-13,22H2,(H,23,24);1H/t18-,20+;/m1./s1. The molecular formula is C21H25ClN2O3. The molecule has 1 fully saturated rings. The van der Waals surface area contributed by atoms with Gasteiger partial charge in [0.05, 0.1) is 12.7 Å². The average Bonchev–Trinajstić information content (AvgIpc) is 3.35. The number of halogens is 1. The average molecular weight is 389 g/mol. The third-order valence-electron chi connectivity index (χ3n) is 5.11. The molecular weight excluding hydrogens is 364 g/mol. The van der Waals surface area contributed by atoms with Crippen LogP contribution >= 0.6 is 12.4 Å². The smallest absolute Gasteiger partial charge is 0.249 e. The highest BCUT2D eigenvalue weighted by molar-refractivity contribution is 5.85. The van der Waals surface area contributed by atoms with E-state index in [-0.39, 0.29) is 30.5 Å². The second-order valence-corrected chi connectivity index (χ2v) is 6.90. The summed E-state index contributed by atoms with van der Waals surface area (Å²) in [6.07, 6.45) is 2.23. The van der Waals surface area contributed by atoms with Crippen LogP contribution in [0, 0.1) is 0 Å². The summed E-state index contributed by atoms with van der Waals surface area (Å²) in [4.78, 5) is 12.2. The Balaban J connectivity index is 0.00000210. The Morgan fingerprint density at radius 1 is 1.11 bits per heavy atom. The van der Waals surface area contributed by atoms with E-state index in [1.165, 1.54) is 16.7 Å². The van der Waals surface area contributed by atoms with Crippen LogP contribution in [0.5, 0.6) is 5.75 Å². The second kappa shape index (κ2) is 8.74. The van der Waals surface area contributed by atoms with Crippen molar-refractivity contribution < 1.29 is 14.3 Å². The van der Waals surface area contributed by atoms with Crippen LogP contribution in [-0.4, -0.2) is 31.3 Å². The highest BCUT2D eigenvalue weighted by Crippen LogP contribution is 2.30. The lowest BCUT2D eigenvalue weighted by atomic mass is 10.0. The van der Waals surface area contributed by atoms with Crippen LogP contribution in [0.3, 0.4) is 0 Å². The highest BCUT2D eigenvalue weighted by atomic mass is 35.5. The fourth-order valence-corrected chi connectivity index (χ4v) is 3.56. The fraction of sp³-hybridized carbons (Fsp3) is 0.381. The quantitative estimate of drug-likeness (QED) is 0.826. The lowest BCUT2D eigenvalue weighted by Gasteiger charge is -2.13. The second-order valence-electron chi connectivity index (χ2n) is 6.90. The number of nitrogens with one attached hydrogen (secondary N) is 1. The third kappa shape index (κ3) is 4.43. The van der Waals surface area contributed by atoms with Gasteiger partial charge in [0.15, 0.2) is 0 Å². The Morgan fingerprint density at radius 3 is 2.63 bits per heavy atom. The summed E-state index contributed by atoms with van der Waals surface area (Å²) >= 11 is 0. The van der Waals surface area contributed by atoms with Gasteiger partial charge >= 0.3 is 0 Å². The molecule has 2 atom stereocenters. The molecule has 1 amide bonds. The number of nitrogens with two attached hydrogens (primary N) is 1. The number of carbonyl (C=O) groups excluding carboxylic acids is 1. The first-order valence-corrected chi connectivity index (χ1v) is 9.21. The van der Waals surface area contributed by atoms with Gasteiger partial charge < -0.3 is 20.5 Å². The zero-order chi connectivity index (χ0) is 17.9. The molecule has 3 N–H and O–H groups in total. The summed E-state index contributed by atoms with van der Waals surface area (Å²) in [6.45, 7) is 1.75. The van der Waals surface area contributed by atoms with Gasteiger partial charge in [-0.05, 0) is 47.2 Å². The van der Waals surface area contributed by atoms with Crippen LogP contribution in [0.25, 0.3) is 11.1 Å². The molecule has 5 nitrogen and oxygen atoms in total. The maximum atomic E-state index is 12.2. The van der Waals surface area contributed by atoms with Crippen molar-refractivity contribution in [1.82, 2.24) is 5.32 Å². The molecule has 2 aliphatic heterocycles. The molecule has 0 bridgehead atoms. The summed E-state index contributed by atoms with van der Waals surface area (Å²) in [5.74, 6) is 0.947. The molecule has 0 spiro atoms. The minimum absolute atomic E-state index is 0. The van der Waals surface area contributed by atoms with Gasteiger partial charge in [-0.25, -0.2) is 0 Å². The number of fused-ring (bicyclic) bond motifs is 1. The van der Waals surface area contributed by atoms with Crippen molar-refractivity contribution in [1.29, 1.82) is 0 Å². The monoisotopic (exact) mass is 388 g/mol. The number of hydrogen-bond acceptors (Lipinski definition) is 4. The first kappa shape index (κ1) is 19.7. The normalized spacial score (nSPS) is 20.5. The van der Waals surface area contributed by atoms with Crippen LogP contribution in [0.1, 0.15) is 24.0 Å². The maximum Gasteiger partial charge on any atom is 0.249 e. The van der Waals surface area contributed by atoms with E-state index < -0.39 is 0 Å². The molecule has 0 radical (unpaired) electrons. The van der Waals surface area contributed by atoms with Gasteiger partial charge in [0.25, 0.3) is 0 Å². The van der Waals surface area contributed by atoms with Gasteiger partial charge in [-0.1, -0.05) is 30.3 Å². The summed E-state index contributed by atoms with van der Waals surface area (Å²) in [5, 5.41) is 2.96. The Hall–Kier alpha value is -2.08. The van der Waals surface area contributed by atoms with Crippen LogP contribution < -0.4 is 15.8 Å². The van der Waals surface area contributed by atoms with Gasteiger partial charge in [0.1, 0.15) is 11.9 Å². The Kier molecular flexibility index (Phi) is 6.37. The van der Waals surface area contributed by atoms with Gasteiger partial charge in [0.2, 0.25) is 5.91 Å². The van der Waals surface area contributed by atoms with Crippen molar-refractivity contribution >= 4 is 18.3 Å². The minimum Gasteiger partial charge on any atom is -0.493 e. The molecule has 4 rings (SSSR count). The van der Waals surface area contributed by atoms with Gasteiger partial charge in [-0.15, -0.1) is 12.4 Å². The van der Waals surface area contributed by atoms with E-state index in [9.17, 15) is 4.79 Å². The predicted molar refractivity (Wildman–Crippen MR) is 107 cm³/mol. The van der Waals surface area contributed by atoms with Crippen molar-refractivity contribution in [3.63, 3.8) is 0 Å². The van der Waals surface area contributed by atoms with Crippen molar-refractivity contribution in [2.75, 3.05) is 13.2 Å². The van der Waals surface area contributed by atoms with Crippen molar-refractivity contribution in [3.8, 4) is 16.9 Å². The molecule has 2 heterocycles. The molecule has 6 heteroatoms. The summed E-state index contributed by atoms with van der Waals surface area (Å²) < 4.78 is 11.2. The van der Waals surface area contributed by atoms with Crippen molar-refractivity contribution in [2.45, 2.75) is 38.0 Å². The molecule has 0 aromatic heterocycles. The minimum atomic E-state index is -0.364. The summed E-state index contributed by atoms with van der Waals surface area (Å²) in [6, 6.07) is 14.6. The summed E-state index contributed by atoms with van der Waals surface area (Å²) in [7, 11) is 0. The molecule has 2 aromatic carbocycles. The van der Waals surface area contributed by atoms with Gasteiger partial charge in [0, 0.05) is 19.5 Å². The van der Waals surface area contributed by atoms with E-state index >= 15 is 0 Å².